The molecule has 84 valence electrons. The summed E-state index contributed by atoms with van der Waals surface area (Å²) in [6.07, 6.45) is 4.12. The molecule has 1 N–H and O–H groups in total. The smallest absolute Gasteiger partial charge is 0.0915 e. The van der Waals surface area contributed by atoms with Crippen LogP contribution in [-0.4, -0.2) is 28.5 Å². The van der Waals surface area contributed by atoms with E-state index in [9.17, 15) is 0 Å². The Hall–Kier alpha value is -0.520. The standard InChI is InChI=1S/C10H17N3OS/c1-2-11-10(9-7-12-15-13-9)8-3-5-14-6-4-8/h7-8,10-11H,2-6H2,1H3. The van der Waals surface area contributed by atoms with Gasteiger partial charge in [0.15, 0.2) is 0 Å². The number of aromatic nitrogens is 2. The van der Waals surface area contributed by atoms with E-state index in [1.807, 2.05) is 6.20 Å². The number of rotatable bonds is 4. The van der Waals surface area contributed by atoms with Crippen LogP contribution in [0, 0.1) is 5.92 Å². The van der Waals surface area contributed by atoms with E-state index in [0.29, 0.717) is 12.0 Å². The first-order valence-electron chi connectivity index (χ1n) is 5.50. The summed E-state index contributed by atoms with van der Waals surface area (Å²) >= 11 is 1.29. The van der Waals surface area contributed by atoms with Crippen molar-refractivity contribution in [1.29, 1.82) is 0 Å². The molecule has 1 unspecified atom stereocenters. The maximum Gasteiger partial charge on any atom is 0.0915 e. The summed E-state index contributed by atoms with van der Waals surface area (Å²) in [6, 6.07) is 0.359. The molecule has 2 heterocycles. The van der Waals surface area contributed by atoms with Gasteiger partial charge in [-0.1, -0.05) is 6.92 Å². The van der Waals surface area contributed by atoms with Crippen molar-refractivity contribution in [1.82, 2.24) is 14.1 Å². The number of nitrogens with one attached hydrogen (secondary N) is 1. The molecule has 1 aromatic heterocycles. The highest BCUT2D eigenvalue weighted by atomic mass is 32.1. The summed E-state index contributed by atoms with van der Waals surface area (Å²) < 4.78 is 13.8. The van der Waals surface area contributed by atoms with E-state index >= 15 is 0 Å². The van der Waals surface area contributed by atoms with Crippen molar-refractivity contribution in [3.8, 4) is 0 Å². The number of ether oxygens (including phenoxy) is 1. The van der Waals surface area contributed by atoms with Gasteiger partial charge >= 0.3 is 0 Å². The zero-order valence-electron chi connectivity index (χ0n) is 8.98. The van der Waals surface area contributed by atoms with Crippen molar-refractivity contribution in [2.45, 2.75) is 25.8 Å². The van der Waals surface area contributed by atoms with E-state index in [0.717, 1.165) is 38.3 Å². The lowest BCUT2D eigenvalue weighted by atomic mass is 9.90. The molecule has 15 heavy (non-hydrogen) atoms. The molecule has 1 saturated heterocycles. The minimum Gasteiger partial charge on any atom is -0.381 e. The molecule has 0 aromatic carbocycles. The predicted octanol–water partition coefficient (Wildman–Crippen LogP) is 1.62. The van der Waals surface area contributed by atoms with Crippen molar-refractivity contribution in [3.63, 3.8) is 0 Å². The van der Waals surface area contributed by atoms with Gasteiger partial charge in [-0.2, -0.15) is 8.75 Å². The second-order valence-corrected chi connectivity index (χ2v) is 4.37. The second kappa shape index (κ2) is 5.53. The quantitative estimate of drug-likeness (QED) is 0.849. The number of hydrogen-bond acceptors (Lipinski definition) is 5. The first kappa shape index (κ1) is 11.0. The van der Waals surface area contributed by atoms with Crippen LogP contribution in [0.5, 0.6) is 0 Å². The first-order valence-corrected chi connectivity index (χ1v) is 6.23. The maximum absolute atomic E-state index is 5.38. The molecule has 0 bridgehead atoms. The normalized spacial score (nSPS) is 20.3. The van der Waals surface area contributed by atoms with E-state index in [2.05, 4.69) is 21.0 Å². The molecule has 0 saturated carbocycles. The molecule has 1 atom stereocenters. The van der Waals surface area contributed by atoms with E-state index < -0.39 is 0 Å². The lowest BCUT2D eigenvalue weighted by Crippen LogP contribution is -2.32. The fourth-order valence-corrected chi connectivity index (χ4v) is 2.55. The van der Waals surface area contributed by atoms with Crippen LogP contribution in [0.3, 0.4) is 0 Å². The molecule has 0 spiro atoms. The van der Waals surface area contributed by atoms with Crippen LogP contribution < -0.4 is 5.32 Å². The summed E-state index contributed by atoms with van der Waals surface area (Å²) in [6.45, 7) is 4.86. The molecule has 1 aliphatic heterocycles. The second-order valence-electron chi connectivity index (χ2n) is 3.82. The minimum absolute atomic E-state index is 0.359. The molecular weight excluding hydrogens is 210 g/mol. The Morgan fingerprint density at radius 2 is 2.40 bits per heavy atom. The van der Waals surface area contributed by atoms with Gasteiger partial charge in [0.25, 0.3) is 0 Å². The van der Waals surface area contributed by atoms with Gasteiger partial charge in [0.2, 0.25) is 0 Å². The average molecular weight is 227 g/mol. The summed E-state index contributed by atoms with van der Waals surface area (Å²) in [4.78, 5) is 0. The summed E-state index contributed by atoms with van der Waals surface area (Å²) in [5.41, 5.74) is 1.09. The van der Waals surface area contributed by atoms with Gasteiger partial charge in [-0.25, -0.2) is 0 Å². The Labute approximate surface area is 94.4 Å². The zero-order chi connectivity index (χ0) is 10.5. The van der Waals surface area contributed by atoms with Crippen molar-refractivity contribution >= 4 is 11.7 Å². The molecule has 2 rings (SSSR count). The highest BCUT2D eigenvalue weighted by Gasteiger charge is 2.26. The lowest BCUT2D eigenvalue weighted by molar-refractivity contribution is 0.0534. The molecular formula is C10H17N3OS. The van der Waals surface area contributed by atoms with Crippen LogP contribution in [-0.2, 0) is 4.74 Å². The van der Waals surface area contributed by atoms with Crippen LogP contribution in [0.15, 0.2) is 6.20 Å². The van der Waals surface area contributed by atoms with Gasteiger partial charge < -0.3 is 10.1 Å². The van der Waals surface area contributed by atoms with Gasteiger partial charge in [0.1, 0.15) is 0 Å². The van der Waals surface area contributed by atoms with Gasteiger partial charge in [-0.3, -0.25) is 0 Å². The monoisotopic (exact) mass is 227 g/mol. The topological polar surface area (TPSA) is 47.0 Å². The van der Waals surface area contributed by atoms with Crippen LogP contribution >= 0.6 is 11.7 Å². The molecule has 5 heteroatoms. The van der Waals surface area contributed by atoms with Crippen molar-refractivity contribution in [3.05, 3.63) is 11.9 Å². The zero-order valence-corrected chi connectivity index (χ0v) is 9.80. The molecule has 1 aromatic rings. The first-order chi connectivity index (χ1) is 7.42. The number of nitrogens with zero attached hydrogens (tertiary/aromatic N) is 2. The van der Waals surface area contributed by atoms with Gasteiger partial charge in [0.05, 0.1) is 29.7 Å². The van der Waals surface area contributed by atoms with Crippen LogP contribution in [0.25, 0.3) is 0 Å². The number of hydrogen-bond donors (Lipinski definition) is 1. The molecule has 0 aliphatic carbocycles. The highest BCUT2D eigenvalue weighted by molar-refractivity contribution is 6.99. The van der Waals surface area contributed by atoms with Crippen LogP contribution in [0.4, 0.5) is 0 Å². The summed E-state index contributed by atoms with van der Waals surface area (Å²) in [5.74, 6) is 0.641. The Morgan fingerprint density at radius 1 is 1.60 bits per heavy atom. The van der Waals surface area contributed by atoms with Crippen LogP contribution in [0.1, 0.15) is 31.5 Å². The third kappa shape index (κ3) is 2.74. The Bertz CT molecular complexity index is 272. The fraction of sp³-hybridized carbons (Fsp3) is 0.800. The van der Waals surface area contributed by atoms with E-state index in [-0.39, 0.29) is 0 Å². The Kier molecular flexibility index (Phi) is 4.05. The minimum atomic E-state index is 0.359. The third-order valence-electron chi connectivity index (χ3n) is 2.86. The molecule has 4 nitrogen and oxygen atoms in total. The Balaban J connectivity index is 2.04. The van der Waals surface area contributed by atoms with Crippen molar-refractivity contribution in [2.75, 3.05) is 19.8 Å². The predicted molar refractivity (Wildman–Crippen MR) is 59.9 cm³/mol. The van der Waals surface area contributed by atoms with Gasteiger partial charge in [0, 0.05) is 13.2 Å². The Morgan fingerprint density at radius 3 is 3.00 bits per heavy atom. The largest absolute Gasteiger partial charge is 0.381 e. The molecule has 1 fully saturated rings. The maximum atomic E-state index is 5.38. The third-order valence-corrected chi connectivity index (χ3v) is 3.35. The molecule has 0 radical (unpaired) electrons. The molecule has 0 amide bonds. The summed E-state index contributed by atoms with van der Waals surface area (Å²) in [7, 11) is 0. The van der Waals surface area contributed by atoms with Gasteiger partial charge in [-0.15, -0.1) is 0 Å². The summed E-state index contributed by atoms with van der Waals surface area (Å²) in [5, 5.41) is 3.50. The van der Waals surface area contributed by atoms with E-state index in [1.54, 1.807) is 0 Å². The van der Waals surface area contributed by atoms with E-state index in [1.165, 1.54) is 11.7 Å². The molecule has 1 aliphatic rings. The van der Waals surface area contributed by atoms with Crippen LogP contribution in [0.2, 0.25) is 0 Å². The average Bonchev–Trinajstić information content (AvgIpc) is 2.80. The highest BCUT2D eigenvalue weighted by Crippen LogP contribution is 2.28. The lowest BCUT2D eigenvalue weighted by Gasteiger charge is -2.29. The van der Waals surface area contributed by atoms with Gasteiger partial charge in [-0.05, 0) is 25.3 Å². The fourth-order valence-electron chi connectivity index (χ4n) is 2.09. The van der Waals surface area contributed by atoms with Crippen molar-refractivity contribution < 1.29 is 4.74 Å². The van der Waals surface area contributed by atoms with E-state index in [4.69, 9.17) is 4.74 Å². The van der Waals surface area contributed by atoms with Crippen molar-refractivity contribution in [2.24, 2.45) is 5.92 Å². The SMILES string of the molecule is CCNC(c1cnsn1)C1CCOCC1.